The Morgan fingerprint density at radius 1 is 0.385 bits per heavy atom. The summed E-state index contributed by atoms with van der Waals surface area (Å²) in [5.74, 6) is 2.45. The molecule has 135 heavy (non-hydrogen) atoms. The van der Waals surface area contributed by atoms with Gasteiger partial charge < -0.3 is 97.4 Å². The lowest BCUT2D eigenvalue weighted by Crippen LogP contribution is -2.28. The molecule has 0 saturated carbocycles. The van der Waals surface area contributed by atoms with Crippen LogP contribution in [0.4, 0.5) is 14.4 Å². The van der Waals surface area contributed by atoms with Gasteiger partial charge in [0.1, 0.15) is 45.3 Å². The predicted octanol–water partition coefficient (Wildman–Crippen LogP) is 26.8. The Morgan fingerprint density at radius 3 is 1.24 bits per heavy atom. The Bertz CT molecular complexity index is 5020. The van der Waals surface area contributed by atoms with Crippen molar-refractivity contribution in [2.45, 2.75) is 345 Å². The molecule has 9 rings (SSSR count). The van der Waals surface area contributed by atoms with E-state index in [0.717, 1.165) is 116 Å². The van der Waals surface area contributed by atoms with E-state index in [1.165, 1.54) is 23.3 Å². The number of hydrogen-bond acceptors (Lipinski definition) is 25. The number of carbonyl (C=O) groups is 5. The van der Waals surface area contributed by atoms with E-state index in [4.69, 9.17) is 56.5 Å². The average molecular weight is 1890 g/mol. The number of esters is 2. The van der Waals surface area contributed by atoms with Crippen molar-refractivity contribution in [2.75, 3.05) is 13.2 Å². The largest absolute Gasteiger partial charge is 0.547 e. The molecule has 1 aliphatic rings. The van der Waals surface area contributed by atoms with Gasteiger partial charge in [-0.3, -0.25) is 4.79 Å². The highest BCUT2D eigenvalue weighted by molar-refractivity contribution is 6.26. The van der Waals surface area contributed by atoms with Crippen molar-refractivity contribution in [2.24, 2.45) is 5.92 Å². The number of benzene rings is 8. The molecular weight excluding hydrogens is 1740 g/mol. The maximum Gasteiger partial charge on any atom is 0.514 e. The summed E-state index contributed by atoms with van der Waals surface area (Å²) in [7, 11) is -0.513. The van der Waals surface area contributed by atoms with Crippen LogP contribution in [-0.4, -0.2) is 129 Å². The average Bonchev–Trinajstić information content (AvgIpc) is 0.780. The van der Waals surface area contributed by atoms with Crippen molar-refractivity contribution in [1.82, 2.24) is 0 Å². The summed E-state index contributed by atoms with van der Waals surface area (Å²) in [6.07, 6.45) is 7.97. The second-order valence-corrected chi connectivity index (χ2v) is 40.9. The van der Waals surface area contributed by atoms with Gasteiger partial charge in [0.05, 0.1) is 12.5 Å². The number of aromatic hydroxyl groups is 8. The number of phenols is 8. The fourth-order valence-corrected chi connectivity index (χ4v) is 15.3. The Kier molecular flexibility index (Phi) is 44.4. The molecule has 0 bridgehead atoms. The van der Waals surface area contributed by atoms with E-state index >= 15 is 0 Å². The van der Waals surface area contributed by atoms with Gasteiger partial charge in [0.2, 0.25) is 9.76 Å². The van der Waals surface area contributed by atoms with Crippen LogP contribution in [0, 0.1) is 5.92 Å². The molecule has 8 aromatic carbocycles. The van der Waals surface area contributed by atoms with Crippen LogP contribution >= 0.6 is 0 Å². The van der Waals surface area contributed by atoms with Crippen LogP contribution in [0.2, 0.25) is 6.55 Å². The van der Waals surface area contributed by atoms with Gasteiger partial charge in [0.15, 0.2) is 76.1 Å². The smallest absolute Gasteiger partial charge is 0.514 e. The molecule has 0 spiro atoms. The summed E-state index contributed by atoms with van der Waals surface area (Å²) < 4.78 is 64.4. The van der Waals surface area contributed by atoms with Crippen molar-refractivity contribution in [3.63, 3.8) is 0 Å². The lowest BCUT2D eigenvalue weighted by Gasteiger charge is -2.32. The van der Waals surface area contributed by atoms with Crippen LogP contribution in [-0.2, 0) is 43.4 Å². The highest BCUT2D eigenvalue weighted by Gasteiger charge is 2.33. The van der Waals surface area contributed by atoms with Gasteiger partial charge >= 0.3 is 30.4 Å². The Balaban J connectivity index is 0.000000312. The van der Waals surface area contributed by atoms with Gasteiger partial charge in [-0.1, -0.05) is 137 Å². The number of carbonyl (C=O) groups excluding carboxylic acids is 5. The van der Waals surface area contributed by atoms with E-state index in [9.17, 15) is 64.8 Å². The maximum absolute atomic E-state index is 12.3. The zero-order valence-corrected chi connectivity index (χ0v) is 86.2. The minimum absolute atomic E-state index is 0.0283. The van der Waals surface area contributed by atoms with Gasteiger partial charge in [0.25, 0.3) is 0 Å². The highest BCUT2D eigenvalue weighted by Crippen LogP contribution is 2.46. The minimum Gasteiger partial charge on any atom is -0.547 e. The first-order chi connectivity index (χ1) is 63.0. The minimum atomic E-state index is -0.880. The summed E-state index contributed by atoms with van der Waals surface area (Å²) in [5.41, 5.74) is 4.94. The fraction of sp³-hybridized carbons (Fsp3) is 0.514. The number of ether oxygens (including phenoxy) is 11. The lowest BCUT2D eigenvalue weighted by molar-refractivity contribution is -0.160. The monoisotopic (exact) mass is 1890 g/mol. The standard InChI is InChI=1S/C36H46O7.C24H32O6.C22H34O6.C16H24O4.C11H18O2Si/c1-6-25(28-14-19-32(38)33(23-28)42-35(39)43-36(3,4)5)22-29(27-10-15-30(37)16-11-27)21-24(2)26-12-17-31(18-13-26)41-34-9-7-8-20-40-34;1-7-24(6,14-15(2)16-8-10-18(25)19(26)12-16)17-9-11-21(20(27)13-17)29-22(28)30-23(3,4)5;1-9-15(12-14(2)19(24)27-21(3,4)5)16-10-11-17(23)18(13-16)26-20(25)28-22(6,7)8;1-6-11(2)12-7-8-13(17)14(9-12)19-10-15(18)20-16(3,4)5;1-4-8(2)9-5-6-10(12)11(7-9)13-14-3/h10-19,23-25,29,34,37-38H,6-9,20-22H2,1-5H3;8-13,15,25-27H,7,14H2,1-6H3;10-11,13-15,23H,9,12H2,1-8H3;7-9,11,17H,6,10H2,1-5H3;5-8,12H,4,14H2,1-3H3. The van der Waals surface area contributed by atoms with E-state index in [1.54, 1.807) is 162 Å². The maximum atomic E-state index is 12.3. The molecule has 1 heterocycles. The van der Waals surface area contributed by atoms with Crippen LogP contribution in [0.1, 0.15) is 343 Å². The molecule has 26 heteroatoms. The molecule has 0 amide bonds. The summed E-state index contributed by atoms with van der Waals surface area (Å²) in [6.45, 7) is 52.2. The summed E-state index contributed by atoms with van der Waals surface area (Å²) >= 11 is 0. The second kappa shape index (κ2) is 52.5. The van der Waals surface area contributed by atoms with Gasteiger partial charge in [-0.15, -0.1) is 0 Å². The Labute approximate surface area is 803 Å². The van der Waals surface area contributed by atoms with Gasteiger partial charge in [0, 0.05) is 6.42 Å². The van der Waals surface area contributed by atoms with Crippen LogP contribution in [0.3, 0.4) is 0 Å². The molecule has 1 saturated heterocycles. The Morgan fingerprint density at radius 2 is 0.807 bits per heavy atom. The van der Waals surface area contributed by atoms with E-state index < -0.39 is 62.2 Å². The number of hydrogen-bond donors (Lipinski definition) is 8. The lowest BCUT2D eigenvalue weighted by atomic mass is 9.72. The van der Waals surface area contributed by atoms with Gasteiger partial charge in [-0.05, 0) is 369 Å². The zero-order chi connectivity index (χ0) is 101. The van der Waals surface area contributed by atoms with Crippen LogP contribution in [0.25, 0.3) is 0 Å². The zero-order valence-electron chi connectivity index (χ0n) is 84.8. The van der Waals surface area contributed by atoms with Crippen LogP contribution in [0.5, 0.6) is 80.5 Å². The van der Waals surface area contributed by atoms with Crippen LogP contribution in [0.15, 0.2) is 158 Å². The first kappa shape index (κ1) is 114. The molecule has 8 N–H and O–H groups in total. The normalized spacial score (nSPS) is 15.0. The van der Waals surface area contributed by atoms with Gasteiger partial charge in [-0.25, -0.2) is 19.2 Å². The SMILES string of the molecule is CCC(C)(CC(C)c1ccc(O)c(O)c1)c1ccc(OC(=O)OC(C)(C)C)c(O)c1.CCC(C)c1ccc(O)c(OCC(=O)OC(C)(C)C)c1.CCC(C)c1ccc(O)c(O[SiH2]C)c1.CCC(CC(C)C(=O)OC(C)(C)C)c1ccc(O)c(OC(=O)OC(C)(C)C)c1.CCC(CC(CC(C)c1ccc(OC2CCCCO2)cc1)c1ccc(O)cc1)c1ccc(O)c(OC(=O)OC(C)(C)C)c1. The van der Waals surface area contributed by atoms with Crippen molar-refractivity contribution >= 4 is 40.2 Å². The molecule has 10 atom stereocenters. The van der Waals surface area contributed by atoms with Crippen molar-refractivity contribution in [3.05, 3.63) is 202 Å². The molecule has 1 aliphatic heterocycles. The van der Waals surface area contributed by atoms with E-state index in [-0.39, 0.29) is 123 Å². The van der Waals surface area contributed by atoms with E-state index in [1.807, 2.05) is 89.2 Å². The third kappa shape index (κ3) is 40.5. The van der Waals surface area contributed by atoms with E-state index in [2.05, 4.69) is 81.0 Å². The molecule has 0 aromatic heterocycles. The fourth-order valence-electron chi connectivity index (χ4n) is 14.8. The second-order valence-electron chi connectivity index (χ2n) is 40.0. The van der Waals surface area contributed by atoms with Crippen molar-refractivity contribution in [3.8, 4) is 80.5 Å². The molecule has 25 nitrogen and oxygen atoms in total. The summed E-state index contributed by atoms with van der Waals surface area (Å²) in [5, 5.41) is 79.4. The molecule has 1 fully saturated rings. The van der Waals surface area contributed by atoms with E-state index in [0.29, 0.717) is 29.8 Å². The molecule has 0 radical (unpaired) electrons. The quantitative estimate of drug-likeness (QED) is 0.00638. The molecule has 8 aromatic rings. The molecule has 10 unspecified atom stereocenters. The predicted molar refractivity (Wildman–Crippen MR) is 530 cm³/mol. The first-order valence-corrected chi connectivity index (χ1v) is 49.2. The summed E-state index contributed by atoms with van der Waals surface area (Å²) in [6, 6.07) is 46.6. The third-order valence-electron chi connectivity index (χ3n) is 22.7. The topological polar surface area (TPSA) is 358 Å². The Hall–Kier alpha value is -11.5. The van der Waals surface area contributed by atoms with Gasteiger partial charge in [-0.2, -0.15) is 0 Å². The van der Waals surface area contributed by atoms with Crippen molar-refractivity contribution < 1.29 is 121 Å². The molecule has 744 valence electrons. The summed E-state index contributed by atoms with van der Waals surface area (Å²) in [4.78, 5) is 60.0. The highest BCUT2D eigenvalue weighted by atomic mass is 28.2. The number of rotatable bonds is 32. The van der Waals surface area contributed by atoms with Crippen molar-refractivity contribution in [1.29, 1.82) is 0 Å². The molecular formula is C109H154O25Si. The number of phenolic OH excluding ortho intramolecular Hbond substituents is 8. The first-order valence-electron chi connectivity index (χ1n) is 47.2. The van der Waals surface area contributed by atoms with Crippen LogP contribution < -0.4 is 28.1 Å². The molecule has 0 aliphatic carbocycles. The third-order valence-corrected chi connectivity index (χ3v) is 23.3.